The minimum Gasteiger partial charge on any atom is -0.494 e. The maximum atomic E-state index is 11.9. The molecule has 2 rings (SSSR count). The molecule has 1 fully saturated rings. The highest BCUT2D eigenvalue weighted by Crippen LogP contribution is 2.17. The fourth-order valence-electron chi connectivity index (χ4n) is 2.27. The molecule has 0 saturated carbocycles. The summed E-state index contributed by atoms with van der Waals surface area (Å²) >= 11 is 0. The van der Waals surface area contributed by atoms with Crippen molar-refractivity contribution in [2.45, 2.75) is 19.9 Å². The number of nitrogens with zero attached hydrogens (tertiary/aromatic N) is 1. The molecule has 1 atom stereocenters. The number of carbonyl (C=O) groups excluding carboxylic acids is 1. The first-order chi connectivity index (χ1) is 9.67. The highest BCUT2D eigenvalue weighted by atomic mass is 16.5. The molecule has 0 aromatic heterocycles. The van der Waals surface area contributed by atoms with Crippen molar-refractivity contribution < 1.29 is 14.3 Å². The predicted molar refractivity (Wildman–Crippen MR) is 77.2 cm³/mol. The van der Waals surface area contributed by atoms with Gasteiger partial charge in [-0.25, -0.2) is 0 Å². The number of benzene rings is 1. The van der Waals surface area contributed by atoms with Crippen LogP contribution in [0, 0.1) is 0 Å². The lowest BCUT2D eigenvalue weighted by Gasteiger charge is -2.30. The van der Waals surface area contributed by atoms with Gasteiger partial charge in [0.05, 0.1) is 13.2 Å². The van der Waals surface area contributed by atoms with Crippen LogP contribution in [0.2, 0.25) is 0 Å². The summed E-state index contributed by atoms with van der Waals surface area (Å²) in [6, 6.07) is 7.53. The molecule has 1 heterocycles. The monoisotopic (exact) mass is 278 g/mol. The van der Waals surface area contributed by atoms with Gasteiger partial charge in [0.2, 0.25) is 0 Å². The molecule has 0 aliphatic carbocycles. The van der Waals surface area contributed by atoms with E-state index in [1.165, 1.54) is 0 Å². The Balaban J connectivity index is 1.81. The van der Waals surface area contributed by atoms with E-state index in [1.807, 2.05) is 6.92 Å². The van der Waals surface area contributed by atoms with Gasteiger partial charge in [-0.05, 0) is 38.1 Å². The molecule has 0 radical (unpaired) electrons. The third kappa shape index (κ3) is 4.51. The number of rotatable bonds is 5. The summed E-state index contributed by atoms with van der Waals surface area (Å²) in [5.41, 5.74) is 0. The van der Waals surface area contributed by atoms with Crippen LogP contribution in [0.1, 0.15) is 13.8 Å². The molecular formula is C15H22N2O3. The van der Waals surface area contributed by atoms with E-state index in [1.54, 1.807) is 24.3 Å². The molecule has 110 valence electrons. The van der Waals surface area contributed by atoms with Crippen LogP contribution in [0.5, 0.6) is 11.5 Å². The Morgan fingerprint density at radius 2 is 2.05 bits per heavy atom. The van der Waals surface area contributed by atoms with E-state index < -0.39 is 0 Å². The number of carbonyl (C=O) groups is 1. The summed E-state index contributed by atoms with van der Waals surface area (Å²) in [4.78, 5) is 14.0. The van der Waals surface area contributed by atoms with Crippen molar-refractivity contribution in [1.29, 1.82) is 0 Å². The van der Waals surface area contributed by atoms with Crippen molar-refractivity contribution in [1.82, 2.24) is 10.2 Å². The van der Waals surface area contributed by atoms with Gasteiger partial charge in [0.25, 0.3) is 0 Å². The van der Waals surface area contributed by atoms with E-state index in [0.29, 0.717) is 24.9 Å². The van der Waals surface area contributed by atoms with Gasteiger partial charge in [0, 0.05) is 25.7 Å². The van der Waals surface area contributed by atoms with Gasteiger partial charge >= 0.3 is 5.97 Å². The molecule has 20 heavy (non-hydrogen) atoms. The van der Waals surface area contributed by atoms with Crippen molar-refractivity contribution in [3.63, 3.8) is 0 Å². The standard InChI is InChI=1S/C15H22N2O3/c1-3-19-13-4-6-14(7-5-13)20-15(18)11-17-9-8-16-12(2)10-17/h4-7,12,16H,3,8-11H2,1-2H3. The van der Waals surface area contributed by atoms with E-state index in [4.69, 9.17) is 9.47 Å². The maximum absolute atomic E-state index is 11.9. The minimum absolute atomic E-state index is 0.219. The van der Waals surface area contributed by atoms with E-state index in [0.717, 1.165) is 25.4 Å². The highest BCUT2D eigenvalue weighted by molar-refractivity contribution is 5.74. The minimum atomic E-state index is -0.219. The Morgan fingerprint density at radius 3 is 2.70 bits per heavy atom. The first-order valence-electron chi connectivity index (χ1n) is 7.06. The van der Waals surface area contributed by atoms with Crippen LogP contribution in [0.4, 0.5) is 0 Å². The van der Waals surface area contributed by atoms with Crippen LogP contribution in [-0.4, -0.2) is 49.7 Å². The topological polar surface area (TPSA) is 50.8 Å². The van der Waals surface area contributed by atoms with Crippen LogP contribution >= 0.6 is 0 Å². The maximum Gasteiger partial charge on any atom is 0.325 e. The van der Waals surface area contributed by atoms with Crippen LogP contribution in [-0.2, 0) is 4.79 Å². The Hall–Kier alpha value is -1.59. The SMILES string of the molecule is CCOc1ccc(OC(=O)CN2CCNC(C)C2)cc1. The molecule has 5 nitrogen and oxygen atoms in total. The van der Waals surface area contributed by atoms with Crippen LogP contribution < -0.4 is 14.8 Å². The fraction of sp³-hybridized carbons (Fsp3) is 0.533. The average molecular weight is 278 g/mol. The van der Waals surface area contributed by atoms with E-state index in [-0.39, 0.29) is 5.97 Å². The smallest absolute Gasteiger partial charge is 0.325 e. The summed E-state index contributed by atoms with van der Waals surface area (Å²) in [6.45, 7) is 7.67. The van der Waals surface area contributed by atoms with Crippen LogP contribution in [0.15, 0.2) is 24.3 Å². The molecule has 1 aliphatic heterocycles. The first-order valence-corrected chi connectivity index (χ1v) is 7.06. The molecule has 1 unspecified atom stereocenters. The quantitative estimate of drug-likeness (QED) is 0.649. The molecule has 1 aromatic rings. The number of ether oxygens (including phenoxy) is 2. The average Bonchev–Trinajstić information content (AvgIpc) is 2.41. The molecule has 1 aliphatic rings. The van der Waals surface area contributed by atoms with Gasteiger partial charge in [0.15, 0.2) is 0 Å². The summed E-state index contributed by atoms with van der Waals surface area (Å²) in [5, 5.41) is 3.35. The molecule has 0 amide bonds. The number of esters is 1. The van der Waals surface area contributed by atoms with E-state index >= 15 is 0 Å². The molecular weight excluding hydrogens is 256 g/mol. The zero-order chi connectivity index (χ0) is 14.4. The van der Waals surface area contributed by atoms with Gasteiger partial charge in [-0.15, -0.1) is 0 Å². The number of hydrogen-bond donors (Lipinski definition) is 1. The molecule has 0 bridgehead atoms. The van der Waals surface area contributed by atoms with Crippen molar-refractivity contribution in [3.05, 3.63) is 24.3 Å². The third-order valence-electron chi connectivity index (χ3n) is 3.17. The molecule has 5 heteroatoms. The lowest BCUT2D eigenvalue weighted by atomic mass is 10.2. The highest BCUT2D eigenvalue weighted by Gasteiger charge is 2.18. The van der Waals surface area contributed by atoms with Crippen molar-refractivity contribution in [3.8, 4) is 11.5 Å². The second kappa shape index (κ2) is 7.26. The molecule has 1 N–H and O–H groups in total. The van der Waals surface area contributed by atoms with Crippen molar-refractivity contribution in [2.75, 3.05) is 32.8 Å². The van der Waals surface area contributed by atoms with Gasteiger partial charge in [-0.1, -0.05) is 0 Å². The second-order valence-corrected chi connectivity index (χ2v) is 4.97. The number of nitrogens with one attached hydrogen (secondary N) is 1. The number of piperazine rings is 1. The fourth-order valence-corrected chi connectivity index (χ4v) is 2.27. The molecule has 0 spiro atoms. The Bertz CT molecular complexity index is 433. The van der Waals surface area contributed by atoms with Gasteiger partial charge in [-0.3, -0.25) is 9.69 Å². The van der Waals surface area contributed by atoms with Crippen LogP contribution in [0.25, 0.3) is 0 Å². The van der Waals surface area contributed by atoms with E-state index in [9.17, 15) is 4.79 Å². The largest absolute Gasteiger partial charge is 0.494 e. The molecule has 1 aromatic carbocycles. The van der Waals surface area contributed by atoms with Crippen molar-refractivity contribution >= 4 is 5.97 Å². The zero-order valence-electron chi connectivity index (χ0n) is 12.1. The lowest BCUT2D eigenvalue weighted by Crippen LogP contribution is -2.50. The summed E-state index contributed by atoms with van der Waals surface area (Å²) in [7, 11) is 0. The Morgan fingerprint density at radius 1 is 1.35 bits per heavy atom. The summed E-state index contributed by atoms with van der Waals surface area (Å²) in [6.07, 6.45) is 0. The zero-order valence-corrected chi connectivity index (χ0v) is 12.1. The van der Waals surface area contributed by atoms with Gasteiger partial charge in [0.1, 0.15) is 11.5 Å². The van der Waals surface area contributed by atoms with Crippen molar-refractivity contribution in [2.24, 2.45) is 0 Å². The molecule has 1 saturated heterocycles. The van der Waals surface area contributed by atoms with Gasteiger partial charge < -0.3 is 14.8 Å². The summed E-state index contributed by atoms with van der Waals surface area (Å²) < 4.78 is 10.7. The summed E-state index contributed by atoms with van der Waals surface area (Å²) in [5.74, 6) is 1.12. The Kier molecular flexibility index (Phi) is 5.38. The van der Waals surface area contributed by atoms with E-state index in [2.05, 4.69) is 17.1 Å². The first kappa shape index (κ1) is 14.8. The van der Waals surface area contributed by atoms with Gasteiger partial charge in [-0.2, -0.15) is 0 Å². The number of hydrogen-bond acceptors (Lipinski definition) is 5. The normalized spacial score (nSPS) is 19.6. The third-order valence-corrected chi connectivity index (χ3v) is 3.17. The Labute approximate surface area is 119 Å². The predicted octanol–water partition coefficient (Wildman–Crippen LogP) is 1.28. The van der Waals surface area contributed by atoms with Crippen LogP contribution in [0.3, 0.4) is 0 Å². The lowest BCUT2D eigenvalue weighted by molar-refractivity contribution is -0.135. The second-order valence-electron chi connectivity index (χ2n) is 4.97.